The fourth-order valence-corrected chi connectivity index (χ4v) is 3.26. The molecular weight excluding hydrogens is 422 g/mol. The first-order valence-corrected chi connectivity index (χ1v) is 10.1. The zero-order chi connectivity index (χ0) is 23.8. The monoisotopic (exact) mass is 448 g/mol. The molecule has 0 aliphatic carbocycles. The quantitative estimate of drug-likeness (QED) is 0.511. The van der Waals surface area contributed by atoms with Gasteiger partial charge in [0.2, 0.25) is 0 Å². The van der Waals surface area contributed by atoms with Crippen molar-refractivity contribution in [3.05, 3.63) is 70.8 Å². The summed E-state index contributed by atoms with van der Waals surface area (Å²) in [5, 5.41) is 21.4. The van der Waals surface area contributed by atoms with Gasteiger partial charge in [-0.3, -0.25) is 9.69 Å². The molecular formula is C23H26F2N2O5. The summed E-state index contributed by atoms with van der Waals surface area (Å²) >= 11 is 0. The fourth-order valence-electron chi connectivity index (χ4n) is 3.26. The highest BCUT2D eigenvalue weighted by molar-refractivity contribution is 5.94. The molecule has 0 heterocycles. The average molecular weight is 448 g/mol. The van der Waals surface area contributed by atoms with Gasteiger partial charge in [-0.15, -0.1) is 0 Å². The molecule has 2 rings (SSSR count). The molecule has 0 spiro atoms. The SMILES string of the molecule is CC(C)CC(C(=O)O)N(CCc1ccc(C(=O)NCc2cc(F)cc(F)c2)cc1)C(=O)O. The zero-order valence-electron chi connectivity index (χ0n) is 17.8. The summed E-state index contributed by atoms with van der Waals surface area (Å²) in [6, 6.07) is 8.26. The third-order valence-corrected chi connectivity index (χ3v) is 4.83. The Morgan fingerprint density at radius 2 is 1.56 bits per heavy atom. The second kappa shape index (κ2) is 11.2. The van der Waals surface area contributed by atoms with Crippen LogP contribution in [-0.2, 0) is 17.8 Å². The van der Waals surface area contributed by atoms with Gasteiger partial charge in [-0.1, -0.05) is 26.0 Å². The van der Waals surface area contributed by atoms with E-state index in [-0.39, 0.29) is 37.4 Å². The predicted molar refractivity (Wildman–Crippen MR) is 113 cm³/mol. The Morgan fingerprint density at radius 1 is 0.969 bits per heavy atom. The largest absolute Gasteiger partial charge is 0.480 e. The number of nitrogens with one attached hydrogen (secondary N) is 1. The standard InChI is InChI=1S/C23H26F2N2O5/c1-14(2)9-20(22(29)30)27(23(31)32)8-7-15-3-5-17(6-4-15)21(28)26-13-16-10-18(24)12-19(25)11-16/h3-6,10-12,14,20H,7-9,13H2,1-2H3,(H,26,28)(H,29,30)(H,31,32). The van der Waals surface area contributed by atoms with Crippen LogP contribution in [0.2, 0.25) is 0 Å². The molecule has 0 aliphatic rings. The summed E-state index contributed by atoms with van der Waals surface area (Å²) in [6.45, 7) is 3.60. The van der Waals surface area contributed by atoms with Crippen molar-refractivity contribution >= 4 is 18.0 Å². The second-order valence-electron chi connectivity index (χ2n) is 7.87. The van der Waals surface area contributed by atoms with Crippen molar-refractivity contribution in [3.8, 4) is 0 Å². The van der Waals surface area contributed by atoms with E-state index in [2.05, 4.69) is 5.32 Å². The van der Waals surface area contributed by atoms with Gasteiger partial charge in [0.1, 0.15) is 17.7 Å². The van der Waals surface area contributed by atoms with E-state index in [0.717, 1.165) is 28.7 Å². The average Bonchev–Trinajstić information content (AvgIpc) is 2.70. The molecule has 2 aromatic rings. The lowest BCUT2D eigenvalue weighted by Crippen LogP contribution is -2.46. The van der Waals surface area contributed by atoms with Crippen LogP contribution in [0.15, 0.2) is 42.5 Å². The Morgan fingerprint density at radius 3 is 2.06 bits per heavy atom. The van der Waals surface area contributed by atoms with Crippen LogP contribution in [0.3, 0.4) is 0 Å². The van der Waals surface area contributed by atoms with Gasteiger partial charge in [0.25, 0.3) is 5.91 Å². The summed E-state index contributed by atoms with van der Waals surface area (Å²) < 4.78 is 26.5. The van der Waals surface area contributed by atoms with Crippen molar-refractivity contribution in [2.24, 2.45) is 5.92 Å². The molecule has 2 amide bonds. The van der Waals surface area contributed by atoms with Crippen LogP contribution in [0.1, 0.15) is 41.8 Å². The smallest absolute Gasteiger partial charge is 0.408 e. The van der Waals surface area contributed by atoms with Gasteiger partial charge < -0.3 is 15.5 Å². The molecule has 0 aliphatic heterocycles. The number of carboxylic acid groups (broad SMARTS) is 2. The number of carboxylic acids is 1. The fraction of sp³-hybridized carbons (Fsp3) is 0.348. The van der Waals surface area contributed by atoms with Crippen LogP contribution in [0, 0.1) is 17.6 Å². The number of carbonyl (C=O) groups is 3. The summed E-state index contributed by atoms with van der Waals surface area (Å²) in [7, 11) is 0. The third-order valence-electron chi connectivity index (χ3n) is 4.83. The number of halogens is 2. The number of carbonyl (C=O) groups excluding carboxylic acids is 1. The molecule has 0 radical (unpaired) electrons. The molecule has 172 valence electrons. The summed E-state index contributed by atoms with van der Waals surface area (Å²) in [5.74, 6) is -3.07. The van der Waals surface area contributed by atoms with Gasteiger partial charge >= 0.3 is 12.1 Å². The van der Waals surface area contributed by atoms with Gasteiger partial charge in [-0.05, 0) is 54.2 Å². The summed E-state index contributed by atoms with van der Waals surface area (Å²) in [5.41, 5.74) is 1.34. The van der Waals surface area contributed by atoms with Crippen molar-refractivity contribution in [2.45, 2.75) is 39.3 Å². The van der Waals surface area contributed by atoms with Crippen LogP contribution in [0.4, 0.5) is 13.6 Å². The molecule has 0 bridgehead atoms. The maximum absolute atomic E-state index is 13.2. The highest BCUT2D eigenvalue weighted by atomic mass is 19.1. The van der Waals surface area contributed by atoms with Crippen LogP contribution in [0.5, 0.6) is 0 Å². The van der Waals surface area contributed by atoms with E-state index in [1.807, 2.05) is 13.8 Å². The molecule has 0 saturated heterocycles. The van der Waals surface area contributed by atoms with Crippen molar-refractivity contribution in [3.63, 3.8) is 0 Å². The topological polar surface area (TPSA) is 107 Å². The van der Waals surface area contributed by atoms with E-state index < -0.39 is 35.6 Å². The Bertz CT molecular complexity index is 943. The van der Waals surface area contributed by atoms with Crippen LogP contribution < -0.4 is 5.32 Å². The second-order valence-corrected chi connectivity index (χ2v) is 7.87. The molecule has 3 N–H and O–H groups in total. The maximum atomic E-state index is 13.2. The Labute approximate surface area is 184 Å². The van der Waals surface area contributed by atoms with Gasteiger partial charge in [0.15, 0.2) is 0 Å². The molecule has 0 saturated carbocycles. The van der Waals surface area contributed by atoms with Gasteiger partial charge in [-0.25, -0.2) is 18.4 Å². The minimum Gasteiger partial charge on any atom is -0.480 e. The molecule has 0 fully saturated rings. The molecule has 7 nitrogen and oxygen atoms in total. The highest BCUT2D eigenvalue weighted by Crippen LogP contribution is 2.15. The van der Waals surface area contributed by atoms with Crippen molar-refractivity contribution < 1.29 is 33.4 Å². The maximum Gasteiger partial charge on any atom is 0.408 e. The van der Waals surface area contributed by atoms with Crippen molar-refractivity contribution in [1.29, 1.82) is 0 Å². The Balaban J connectivity index is 1.97. The number of aliphatic carboxylic acids is 1. The number of hydrogen-bond acceptors (Lipinski definition) is 3. The van der Waals surface area contributed by atoms with Crippen molar-refractivity contribution in [1.82, 2.24) is 10.2 Å². The predicted octanol–water partition coefficient (Wildman–Crippen LogP) is 3.92. The minimum atomic E-state index is -1.30. The Hall–Kier alpha value is -3.49. The first-order valence-electron chi connectivity index (χ1n) is 10.1. The summed E-state index contributed by atoms with van der Waals surface area (Å²) in [4.78, 5) is 36.3. The lowest BCUT2D eigenvalue weighted by molar-refractivity contribution is -0.143. The third kappa shape index (κ3) is 7.33. The van der Waals surface area contributed by atoms with E-state index in [4.69, 9.17) is 0 Å². The number of benzene rings is 2. The Kier molecular flexibility index (Phi) is 8.69. The number of rotatable bonds is 10. The molecule has 32 heavy (non-hydrogen) atoms. The lowest BCUT2D eigenvalue weighted by atomic mass is 10.0. The van der Waals surface area contributed by atoms with E-state index >= 15 is 0 Å². The number of nitrogens with zero attached hydrogens (tertiary/aromatic N) is 1. The van der Waals surface area contributed by atoms with E-state index in [1.54, 1.807) is 24.3 Å². The molecule has 2 aromatic carbocycles. The highest BCUT2D eigenvalue weighted by Gasteiger charge is 2.29. The molecule has 9 heteroatoms. The van der Waals surface area contributed by atoms with Crippen molar-refractivity contribution in [2.75, 3.05) is 6.54 Å². The first-order chi connectivity index (χ1) is 15.1. The summed E-state index contributed by atoms with van der Waals surface area (Å²) in [6.07, 6.45) is -0.822. The van der Waals surface area contributed by atoms with Crippen LogP contribution in [-0.4, -0.2) is 45.7 Å². The van der Waals surface area contributed by atoms with Crippen LogP contribution >= 0.6 is 0 Å². The van der Waals surface area contributed by atoms with E-state index in [1.165, 1.54) is 0 Å². The number of amides is 2. The molecule has 0 aromatic heterocycles. The lowest BCUT2D eigenvalue weighted by Gasteiger charge is -2.27. The van der Waals surface area contributed by atoms with E-state index in [0.29, 0.717) is 5.56 Å². The molecule has 1 unspecified atom stereocenters. The zero-order valence-corrected chi connectivity index (χ0v) is 17.8. The van der Waals surface area contributed by atoms with Gasteiger partial charge in [0.05, 0.1) is 0 Å². The molecule has 1 atom stereocenters. The van der Waals surface area contributed by atoms with Gasteiger partial charge in [0, 0.05) is 24.7 Å². The first kappa shape index (κ1) is 24.8. The number of hydrogen-bond donors (Lipinski definition) is 3. The van der Waals surface area contributed by atoms with Gasteiger partial charge in [-0.2, -0.15) is 0 Å². The normalized spacial score (nSPS) is 11.8. The van der Waals surface area contributed by atoms with Crippen LogP contribution in [0.25, 0.3) is 0 Å². The minimum absolute atomic E-state index is 0.00427. The van der Waals surface area contributed by atoms with E-state index in [9.17, 15) is 33.4 Å².